The van der Waals surface area contributed by atoms with Crippen molar-refractivity contribution >= 4 is 70.4 Å². The molecule has 2 heterocycles. The second-order valence-electron chi connectivity index (χ2n) is 9.81. The molecule has 8 aromatic rings. The van der Waals surface area contributed by atoms with Crippen LogP contribution in [0.4, 0.5) is 17.1 Å². The van der Waals surface area contributed by atoms with Gasteiger partial charge in [0.25, 0.3) is 0 Å². The number of rotatable bonds is 4. The Kier molecular flexibility index (Phi) is 5.04. The van der Waals surface area contributed by atoms with Gasteiger partial charge >= 0.3 is 0 Å². The van der Waals surface area contributed by atoms with Crippen LogP contribution >= 0.6 is 11.3 Å². The monoisotopic (exact) mass is 516 g/mol. The number of hydrogen-bond donors (Lipinski definition) is 0. The van der Waals surface area contributed by atoms with Crippen LogP contribution in [-0.4, -0.2) is 4.57 Å². The van der Waals surface area contributed by atoms with Gasteiger partial charge < -0.3 is 9.47 Å². The zero-order valence-corrected chi connectivity index (χ0v) is 22.0. The Hall–Kier alpha value is -4.86. The Balaban J connectivity index is 1.37. The van der Waals surface area contributed by atoms with Crippen molar-refractivity contribution in [3.05, 3.63) is 146 Å². The summed E-state index contributed by atoms with van der Waals surface area (Å²) in [6.07, 6.45) is 0. The van der Waals surface area contributed by atoms with E-state index in [1.165, 1.54) is 47.7 Å². The molecule has 6 aromatic carbocycles. The number of hydrogen-bond acceptors (Lipinski definition) is 2. The largest absolute Gasteiger partial charge is 0.310 e. The summed E-state index contributed by atoms with van der Waals surface area (Å²) in [5, 5.41) is 5.17. The van der Waals surface area contributed by atoms with Crippen molar-refractivity contribution in [1.29, 1.82) is 0 Å². The van der Waals surface area contributed by atoms with Gasteiger partial charge in [0, 0.05) is 43.3 Å². The Morgan fingerprint density at radius 1 is 0.436 bits per heavy atom. The SMILES string of the molecule is c1ccc(N(c2ccccc2)c2ccc3c(c2)sc2c(-n4c5ccccc5c5ccccc54)cccc23)cc1. The molecule has 0 bridgehead atoms. The number of thiophene rings is 1. The molecule has 8 rings (SSSR count). The summed E-state index contributed by atoms with van der Waals surface area (Å²) in [5.74, 6) is 0. The zero-order chi connectivity index (χ0) is 25.8. The second-order valence-corrected chi connectivity index (χ2v) is 10.9. The lowest BCUT2D eigenvalue weighted by Gasteiger charge is -2.25. The van der Waals surface area contributed by atoms with Crippen molar-refractivity contribution in [2.45, 2.75) is 0 Å². The zero-order valence-electron chi connectivity index (χ0n) is 21.2. The van der Waals surface area contributed by atoms with Crippen molar-refractivity contribution < 1.29 is 0 Å². The molecule has 2 nitrogen and oxygen atoms in total. The van der Waals surface area contributed by atoms with Crippen molar-refractivity contribution in [2.75, 3.05) is 4.90 Å². The number of fused-ring (bicyclic) bond motifs is 6. The minimum atomic E-state index is 1.15. The molecule has 39 heavy (non-hydrogen) atoms. The number of benzene rings is 6. The van der Waals surface area contributed by atoms with E-state index >= 15 is 0 Å². The smallest absolute Gasteiger partial charge is 0.0640 e. The van der Waals surface area contributed by atoms with Gasteiger partial charge in [-0.2, -0.15) is 0 Å². The number of aromatic nitrogens is 1. The minimum Gasteiger partial charge on any atom is -0.310 e. The molecule has 0 saturated carbocycles. The molecule has 0 aliphatic carbocycles. The van der Waals surface area contributed by atoms with Gasteiger partial charge in [0.15, 0.2) is 0 Å². The Bertz CT molecular complexity index is 2030. The summed E-state index contributed by atoms with van der Waals surface area (Å²) in [5.41, 5.74) is 7.16. The average Bonchev–Trinajstić information content (AvgIpc) is 3.54. The summed E-state index contributed by atoms with van der Waals surface area (Å²) in [4.78, 5) is 2.33. The Morgan fingerprint density at radius 2 is 1.00 bits per heavy atom. The molecule has 0 fully saturated rings. The standard InChI is InChI=1S/C36H24N2S/c1-3-12-25(13-4-1)37(26-14-5-2-6-15-26)27-22-23-30-31-18-11-21-34(36(31)39-35(30)24-27)38-32-19-9-7-16-28(32)29-17-8-10-20-33(29)38/h1-24H. The summed E-state index contributed by atoms with van der Waals surface area (Å²) in [6.45, 7) is 0. The molecule has 0 aliphatic rings. The van der Waals surface area contributed by atoms with Gasteiger partial charge in [0.2, 0.25) is 0 Å². The van der Waals surface area contributed by atoms with Crippen molar-refractivity contribution in [3.8, 4) is 5.69 Å². The van der Waals surface area contributed by atoms with Crippen LogP contribution in [-0.2, 0) is 0 Å². The fourth-order valence-corrected chi connectivity index (χ4v) is 7.11. The average molecular weight is 517 g/mol. The number of para-hydroxylation sites is 4. The van der Waals surface area contributed by atoms with Crippen LogP contribution in [0.5, 0.6) is 0 Å². The topological polar surface area (TPSA) is 8.17 Å². The molecule has 0 unspecified atom stereocenters. The Morgan fingerprint density at radius 3 is 1.64 bits per heavy atom. The molecular formula is C36H24N2S. The molecule has 0 saturated heterocycles. The van der Waals surface area contributed by atoms with Gasteiger partial charge in [-0.25, -0.2) is 0 Å². The van der Waals surface area contributed by atoms with Gasteiger partial charge in [0.1, 0.15) is 0 Å². The van der Waals surface area contributed by atoms with E-state index in [2.05, 4.69) is 155 Å². The molecule has 0 N–H and O–H groups in total. The van der Waals surface area contributed by atoms with E-state index < -0.39 is 0 Å². The normalized spacial score (nSPS) is 11.6. The van der Waals surface area contributed by atoms with Gasteiger partial charge in [-0.1, -0.05) is 91.0 Å². The highest BCUT2D eigenvalue weighted by Crippen LogP contribution is 2.43. The first-order valence-electron chi connectivity index (χ1n) is 13.2. The highest BCUT2D eigenvalue weighted by molar-refractivity contribution is 7.26. The van der Waals surface area contributed by atoms with Crippen LogP contribution in [0.15, 0.2) is 146 Å². The van der Waals surface area contributed by atoms with Crippen LogP contribution in [0, 0.1) is 0 Å². The maximum atomic E-state index is 2.43. The lowest BCUT2D eigenvalue weighted by molar-refractivity contribution is 1.20. The van der Waals surface area contributed by atoms with Crippen LogP contribution in [0.2, 0.25) is 0 Å². The molecule has 184 valence electrons. The first kappa shape index (κ1) is 22.2. The third-order valence-electron chi connectivity index (χ3n) is 7.57. The maximum absolute atomic E-state index is 2.43. The highest BCUT2D eigenvalue weighted by Gasteiger charge is 2.18. The van der Waals surface area contributed by atoms with Gasteiger partial charge in [0.05, 0.1) is 21.4 Å². The lowest BCUT2D eigenvalue weighted by atomic mass is 10.1. The third kappa shape index (κ3) is 3.48. The molecular weight excluding hydrogens is 492 g/mol. The summed E-state index contributed by atoms with van der Waals surface area (Å²) in [6, 6.07) is 52.3. The van der Waals surface area contributed by atoms with Crippen molar-refractivity contribution in [2.24, 2.45) is 0 Å². The molecule has 2 aromatic heterocycles. The first-order valence-corrected chi connectivity index (χ1v) is 14.0. The molecule has 0 spiro atoms. The molecule has 0 radical (unpaired) electrons. The number of nitrogens with zero attached hydrogens (tertiary/aromatic N) is 2. The predicted molar refractivity (Wildman–Crippen MR) is 168 cm³/mol. The van der Waals surface area contributed by atoms with E-state index in [4.69, 9.17) is 0 Å². The predicted octanol–water partition coefficient (Wildman–Crippen LogP) is 10.6. The van der Waals surface area contributed by atoms with Gasteiger partial charge in [-0.3, -0.25) is 0 Å². The quantitative estimate of drug-likeness (QED) is 0.226. The van der Waals surface area contributed by atoms with Crippen molar-refractivity contribution in [3.63, 3.8) is 0 Å². The number of anilines is 3. The van der Waals surface area contributed by atoms with E-state index in [9.17, 15) is 0 Å². The fraction of sp³-hybridized carbons (Fsp3) is 0. The van der Waals surface area contributed by atoms with E-state index in [1.807, 2.05) is 11.3 Å². The van der Waals surface area contributed by atoms with Crippen molar-refractivity contribution in [1.82, 2.24) is 4.57 Å². The molecule has 3 heteroatoms. The van der Waals surface area contributed by atoms with Gasteiger partial charge in [-0.15, -0.1) is 11.3 Å². The first-order chi connectivity index (χ1) is 19.4. The second kappa shape index (κ2) is 8.87. The third-order valence-corrected chi connectivity index (χ3v) is 8.76. The van der Waals surface area contributed by atoms with E-state index in [0.717, 1.165) is 17.1 Å². The molecule has 0 atom stereocenters. The summed E-state index contributed by atoms with van der Waals surface area (Å²) in [7, 11) is 0. The minimum absolute atomic E-state index is 1.15. The van der Waals surface area contributed by atoms with Crippen LogP contribution in [0.1, 0.15) is 0 Å². The molecule has 0 aliphatic heterocycles. The molecule has 0 amide bonds. The maximum Gasteiger partial charge on any atom is 0.0640 e. The lowest BCUT2D eigenvalue weighted by Crippen LogP contribution is -2.09. The van der Waals surface area contributed by atoms with Gasteiger partial charge in [-0.05, 0) is 54.6 Å². The highest BCUT2D eigenvalue weighted by atomic mass is 32.1. The summed E-state index contributed by atoms with van der Waals surface area (Å²) < 4.78 is 5.03. The van der Waals surface area contributed by atoms with E-state index in [0.29, 0.717) is 0 Å². The van der Waals surface area contributed by atoms with E-state index in [1.54, 1.807) is 0 Å². The van der Waals surface area contributed by atoms with Crippen LogP contribution in [0.3, 0.4) is 0 Å². The fourth-order valence-electron chi connectivity index (χ4n) is 5.87. The van der Waals surface area contributed by atoms with Crippen LogP contribution < -0.4 is 4.90 Å². The summed E-state index contributed by atoms with van der Waals surface area (Å²) >= 11 is 1.88. The van der Waals surface area contributed by atoms with E-state index in [-0.39, 0.29) is 0 Å². The Labute approximate surface area is 230 Å². The van der Waals surface area contributed by atoms with Crippen LogP contribution in [0.25, 0.3) is 47.7 Å².